The highest BCUT2D eigenvalue weighted by Crippen LogP contribution is 2.37. The molecular formula is C22H27N5O3. The van der Waals surface area contributed by atoms with Crippen molar-refractivity contribution in [3.63, 3.8) is 0 Å². The van der Waals surface area contributed by atoms with Gasteiger partial charge in [0.2, 0.25) is 0 Å². The highest BCUT2D eigenvalue weighted by Gasteiger charge is 2.19. The topological polar surface area (TPSA) is 113 Å². The summed E-state index contributed by atoms with van der Waals surface area (Å²) in [5.41, 5.74) is 6.37. The van der Waals surface area contributed by atoms with E-state index in [9.17, 15) is 9.90 Å². The normalized spacial score (nSPS) is 11.9. The smallest absolute Gasteiger partial charge is 0.316 e. The van der Waals surface area contributed by atoms with E-state index in [-0.39, 0.29) is 12.3 Å². The van der Waals surface area contributed by atoms with E-state index in [1.807, 2.05) is 45.9 Å². The number of carbonyl (C=O) groups is 1. The molecule has 30 heavy (non-hydrogen) atoms. The molecular weight excluding hydrogens is 382 g/mol. The van der Waals surface area contributed by atoms with Crippen LogP contribution in [0.15, 0.2) is 30.6 Å². The Labute approximate surface area is 175 Å². The molecule has 3 aromatic rings. The number of carboxylic acids is 1. The number of carboxylic acid groups (broad SMARTS) is 1. The van der Waals surface area contributed by atoms with Gasteiger partial charge in [0.1, 0.15) is 0 Å². The molecule has 8 nitrogen and oxygen atoms in total. The van der Waals surface area contributed by atoms with Crippen molar-refractivity contribution in [2.45, 2.75) is 46.5 Å². The van der Waals surface area contributed by atoms with Crippen molar-refractivity contribution in [3.8, 4) is 17.1 Å². The number of rotatable bonds is 9. The molecule has 2 aromatic heterocycles. The molecule has 0 saturated carbocycles. The number of ether oxygens (including phenoxy) is 1. The maximum absolute atomic E-state index is 11.3. The van der Waals surface area contributed by atoms with Crippen LogP contribution in [0.1, 0.15) is 49.6 Å². The lowest BCUT2D eigenvalue weighted by atomic mass is 9.90. The van der Waals surface area contributed by atoms with E-state index in [1.165, 1.54) is 0 Å². The Balaban J connectivity index is 2.03. The highest BCUT2D eigenvalue weighted by molar-refractivity contribution is 5.84. The van der Waals surface area contributed by atoms with Crippen molar-refractivity contribution in [3.05, 3.63) is 47.5 Å². The largest absolute Gasteiger partial charge is 0.481 e. The quantitative estimate of drug-likeness (QED) is 0.473. The van der Waals surface area contributed by atoms with Crippen LogP contribution in [0, 0.1) is 13.8 Å². The number of aliphatic carboxylic acids is 1. The fourth-order valence-electron chi connectivity index (χ4n) is 3.53. The minimum absolute atomic E-state index is 0.0692. The van der Waals surface area contributed by atoms with Gasteiger partial charge in [-0.3, -0.25) is 9.89 Å². The van der Waals surface area contributed by atoms with Crippen molar-refractivity contribution in [2.75, 3.05) is 11.9 Å². The third-order valence-electron chi connectivity index (χ3n) is 5.01. The number of aromatic nitrogens is 4. The number of benzene rings is 1. The second-order valence-corrected chi connectivity index (χ2v) is 7.13. The van der Waals surface area contributed by atoms with E-state index in [1.54, 1.807) is 12.4 Å². The maximum Gasteiger partial charge on any atom is 0.316 e. The predicted octanol–water partition coefficient (Wildman–Crippen LogP) is 4.59. The summed E-state index contributed by atoms with van der Waals surface area (Å²) < 4.78 is 5.31. The molecule has 3 rings (SSSR count). The minimum Gasteiger partial charge on any atom is -0.481 e. The second kappa shape index (κ2) is 9.39. The number of hydrogen-bond acceptors (Lipinski definition) is 6. The van der Waals surface area contributed by atoms with E-state index >= 15 is 0 Å². The van der Waals surface area contributed by atoms with Crippen LogP contribution >= 0.6 is 0 Å². The molecule has 1 aromatic carbocycles. The number of H-pyrrole nitrogens is 1. The van der Waals surface area contributed by atoms with Crippen LogP contribution < -0.4 is 10.1 Å². The molecule has 0 fully saturated rings. The molecule has 0 spiro atoms. The van der Waals surface area contributed by atoms with Crippen molar-refractivity contribution < 1.29 is 14.6 Å². The van der Waals surface area contributed by atoms with Gasteiger partial charge in [0.15, 0.2) is 0 Å². The van der Waals surface area contributed by atoms with Gasteiger partial charge >= 0.3 is 12.0 Å². The van der Waals surface area contributed by atoms with E-state index < -0.39 is 5.97 Å². The van der Waals surface area contributed by atoms with E-state index in [0.29, 0.717) is 18.3 Å². The number of nitrogens with zero attached hydrogens (tertiary/aromatic N) is 3. The average molecular weight is 409 g/mol. The molecule has 0 radical (unpaired) electrons. The Bertz CT molecular complexity index is 995. The zero-order valence-corrected chi connectivity index (χ0v) is 17.7. The van der Waals surface area contributed by atoms with Crippen LogP contribution in [0.5, 0.6) is 6.01 Å². The lowest BCUT2D eigenvalue weighted by molar-refractivity contribution is -0.137. The Morgan fingerprint density at radius 3 is 2.53 bits per heavy atom. The molecule has 0 bridgehead atoms. The van der Waals surface area contributed by atoms with Crippen LogP contribution in [-0.2, 0) is 4.79 Å². The third-order valence-corrected chi connectivity index (χ3v) is 5.01. The molecule has 0 aliphatic heterocycles. The second-order valence-electron chi connectivity index (χ2n) is 7.13. The van der Waals surface area contributed by atoms with Gasteiger partial charge in [-0.25, -0.2) is 9.97 Å². The van der Waals surface area contributed by atoms with Gasteiger partial charge in [0, 0.05) is 22.5 Å². The van der Waals surface area contributed by atoms with Crippen LogP contribution in [0.3, 0.4) is 0 Å². The van der Waals surface area contributed by atoms with Crippen molar-refractivity contribution in [1.82, 2.24) is 20.2 Å². The first kappa shape index (κ1) is 21.3. The van der Waals surface area contributed by atoms with Crippen LogP contribution in [-0.4, -0.2) is 37.8 Å². The van der Waals surface area contributed by atoms with Crippen LogP contribution in [0.4, 0.5) is 11.4 Å². The van der Waals surface area contributed by atoms with Gasteiger partial charge in [-0.05, 0) is 44.7 Å². The minimum atomic E-state index is -0.804. The lowest BCUT2D eigenvalue weighted by Crippen LogP contribution is -2.06. The van der Waals surface area contributed by atoms with E-state index in [0.717, 1.165) is 40.2 Å². The molecule has 0 aliphatic rings. The lowest BCUT2D eigenvalue weighted by Gasteiger charge is -2.18. The monoisotopic (exact) mass is 409 g/mol. The standard InChI is InChI=1S/C22H27N5O3/c1-5-15(10-20(28)29)16-7-8-18(21-13(3)26-27-14(21)4)19(9-16)25-17-11-23-22(24-12-17)30-6-2/h7-9,11-12,15,25H,5-6,10H2,1-4H3,(H,26,27)(H,28,29)/t15-/m1/s1. The molecule has 3 N–H and O–H groups in total. The molecule has 158 valence electrons. The van der Waals surface area contributed by atoms with Gasteiger partial charge in [0.25, 0.3) is 0 Å². The molecule has 2 heterocycles. The zero-order chi connectivity index (χ0) is 21.7. The SMILES string of the molecule is CCOc1ncc(Nc2cc([C@H](CC)CC(=O)O)ccc2-c2c(C)n[nH]c2C)cn1. The fourth-order valence-corrected chi connectivity index (χ4v) is 3.53. The summed E-state index contributed by atoms with van der Waals surface area (Å²) in [6.07, 6.45) is 4.16. The molecule has 0 unspecified atom stereocenters. The first-order valence-electron chi connectivity index (χ1n) is 10.0. The highest BCUT2D eigenvalue weighted by atomic mass is 16.5. The van der Waals surface area contributed by atoms with E-state index in [4.69, 9.17) is 4.74 Å². The number of anilines is 2. The number of aryl methyl sites for hydroxylation is 2. The summed E-state index contributed by atoms with van der Waals surface area (Å²) in [4.78, 5) is 19.7. The van der Waals surface area contributed by atoms with Gasteiger partial charge in [-0.2, -0.15) is 5.10 Å². The predicted molar refractivity (Wildman–Crippen MR) is 115 cm³/mol. The Kier molecular flexibility index (Phi) is 6.66. The van der Waals surface area contributed by atoms with Crippen LogP contribution in [0.25, 0.3) is 11.1 Å². The van der Waals surface area contributed by atoms with Crippen LogP contribution in [0.2, 0.25) is 0 Å². The first-order valence-corrected chi connectivity index (χ1v) is 10.0. The van der Waals surface area contributed by atoms with Crippen molar-refractivity contribution >= 4 is 17.3 Å². The van der Waals surface area contributed by atoms with Gasteiger partial charge in [0.05, 0.1) is 36.8 Å². The summed E-state index contributed by atoms with van der Waals surface area (Å²) in [7, 11) is 0. The zero-order valence-electron chi connectivity index (χ0n) is 17.7. The Morgan fingerprint density at radius 1 is 1.23 bits per heavy atom. The maximum atomic E-state index is 11.3. The van der Waals surface area contributed by atoms with Crippen molar-refractivity contribution in [2.24, 2.45) is 0 Å². The van der Waals surface area contributed by atoms with Gasteiger partial charge < -0.3 is 15.2 Å². The van der Waals surface area contributed by atoms with Crippen molar-refractivity contribution in [1.29, 1.82) is 0 Å². The average Bonchev–Trinajstić information content (AvgIpc) is 3.06. The fraction of sp³-hybridized carbons (Fsp3) is 0.364. The summed E-state index contributed by atoms with van der Waals surface area (Å²) in [6, 6.07) is 6.35. The Hall–Kier alpha value is -3.42. The van der Waals surface area contributed by atoms with E-state index in [2.05, 4.69) is 25.5 Å². The first-order chi connectivity index (χ1) is 14.4. The Morgan fingerprint density at radius 2 is 1.97 bits per heavy atom. The number of nitrogens with one attached hydrogen (secondary N) is 2. The number of aromatic amines is 1. The number of hydrogen-bond donors (Lipinski definition) is 3. The summed E-state index contributed by atoms with van der Waals surface area (Å²) in [5, 5.41) is 20.0. The summed E-state index contributed by atoms with van der Waals surface area (Å²) >= 11 is 0. The summed E-state index contributed by atoms with van der Waals surface area (Å²) in [6.45, 7) is 8.31. The van der Waals surface area contributed by atoms with Gasteiger partial charge in [-0.15, -0.1) is 0 Å². The third kappa shape index (κ3) is 4.76. The summed E-state index contributed by atoms with van der Waals surface area (Å²) in [5.74, 6) is -0.873. The molecule has 0 amide bonds. The molecule has 1 atom stereocenters. The molecule has 0 aliphatic carbocycles. The molecule has 8 heteroatoms. The molecule has 0 saturated heterocycles. The van der Waals surface area contributed by atoms with Gasteiger partial charge in [-0.1, -0.05) is 19.1 Å².